The van der Waals surface area contributed by atoms with Crippen molar-refractivity contribution in [2.75, 3.05) is 0 Å². The molecule has 13 heteroatoms. The first-order valence-corrected chi connectivity index (χ1v) is 11.8. The van der Waals surface area contributed by atoms with Gasteiger partial charge in [-0.25, -0.2) is 32.6 Å². The number of alkyl halides is 3. The number of ether oxygens (including phenoxy) is 2. The largest absolute Gasteiger partial charge is 0.489 e. The second-order valence-electron chi connectivity index (χ2n) is 9.43. The maximum absolute atomic E-state index is 15.0. The molecule has 3 aromatic heterocycles. The van der Waals surface area contributed by atoms with Gasteiger partial charge in [0.1, 0.15) is 29.4 Å². The fourth-order valence-corrected chi connectivity index (χ4v) is 5.30. The first-order chi connectivity index (χ1) is 17.7. The summed E-state index contributed by atoms with van der Waals surface area (Å²) in [5.41, 5.74) is -0.590. The molecule has 0 unspecified atom stereocenters. The normalized spacial score (nSPS) is 24.9. The Morgan fingerprint density at radius 1 is 1.27 bits per heavy atom. The molecule has 0 amide bonds. The molecule has 0 bridgehead atoms. The second kappa shape index (κ2) is 9.60. The zero-order valence-electron chi connectivity index (χ0n) is 20.1. The van der Waals surface area contributed by atoms with Crippen molar-refractivity contribution in [3.8, 4) is 23.1 Å². The van der Waals surface area contributed by atoms with Gasteiger partial charge in [0.05, 0.1) is 17.5 Å². The van der Waals surface area contributed by atoms with Crippen LogP contribution in [0.1, 0.15) is 49.2 Å². The van der Waals surface area contributed by atoms with Gasteiger partial charge in [-0.3, -0.25) is 0 Å². The summed E-state index contributed by atoms with van der Waals surface area (Å²) in [5.74, 6) is -1.42. The molecule has 2 saturated carbocycles. The number of carbonyl (C=O) groups is 1. The van der Waals surface area contributed by atoms with E-state index in [0.29, 0.717) is 47.8 Å². The minimum Gasteiger partial charge on any atom is -0.489 e. The highest BCUT2D eigenvalue weighted by molar-refractivity contribution is 5.78. The number of fused-ring (bicyclic) bond motifs is 1. The number of hydrogen-bond acceptors (Lipinski definition) is 8. The van der Waals surface area contributed by atoms with Crippen molar-refractivity contribution in [2.45, 2.75) is 57.4 Å². The Labute approximate surface area is 209 Å². The van der Waals surface area contributed by atoms with E-state index in [1.807, 2.05) is 0 Å². The van der Waals surface area contributed by atoms with Crippen molar-refractivity contribution in [1.29, 1.82) is 0 Å². The Bertz CT molecular complexity index is 1320. The highest BCUT2D eigenvalue weighted by atomic mass is 19.3. The van der Waals surface area contributed by atoms with E-state index in [-0.39, 0.29) is 31.1 Å². The maximum Gasteiger partial charge on any atom is 0.341 e. The van der Waals surface area contributed by atoms with Crippen LogP contribution in [0.4, 0.5) is 13.2 Å². The number of nitrogens with zero attached hydrogens (tertiary/aromatic N) is 6. The maximum atomic E-state index is 15.0. The molecular formula is C24H25F3N6O4. The Morgan fingerprint density at radius 2 is 2.08 bits per heavy atom. The summed E-state index contributed by atoms with van der Waals surface area (Å²) in [6.07, 6.45) is -0.303. The van der Waals surface area contributed by atoms with E-state index in [0.717, 1.165) is 6.07 Å². The van der Waals surface area contributed by atoms with Crippen LogP contribution in [-0.2, 0) is 18.4 Å². The number of aromatic nitrogens is 6. The SMILES string of the molecule is Cc1nc(-c2nnn(C)c2COc2nccc(C(F)F)n2)ccc1O[C@H]1C[C@@H]2CC[C@](F)(C(=O)O)[C@@H]2C1. The smallest absolute Gasteiger partial charge is 0.341 e. The molecule has 0 saturated heterocycles. The van der Waals surface area contributed by atoms with Crippen molar-refractivity contribution in [2.24, 2.45) is 18.9 Å². The Morgan fingerprint density at radius 3 is 2.81 bits per heavy atom. The first-order valence-electron chi connectivity index (χ1n) is 11.8. The lowest BCUT2D eigenvalue weighted by Gasteiger charge is -2.22. The summed E-state index contributed by atoms with van der Waals surface area (Å²) in [4.78, 5) is 23.6. The monoisotopic (exact) mass is 518 g/mol. The zero-order valence-corrected chi connectivity index (χ0v) is 20.1. The Kier molecular flexibility index (Phi) is 6.46. The second-order valence-corrected chi connectivity index (χ2v) is 9.43. The summed E-state index contributed by atoms with van der Waals surface area (Å²) in [6.45, 7) is 1.69. The number of aliphatic carboxylic acids is 1. The van der Waals surface area contributed by atoms with Crippen LogP contribution >= 0.6 is 0 Å². The van der Waals surface area contributed by atoms with Gasteiger partial charge in [0.2, 0.25) is 5.67 Å². The highest BCUT2D eigenvalue weighted by Crippen LogP contribution is 2.52. The number of carboxylic acids is 1. The molecule has 0 aliphatic heterocycles. The van der Waals surface area contributed by atoms with E-state index in [2.05, 4.69) is 25.3 Å². The van der Waals surface area contributed by atoms with Gasteiger partial charge in [0.25, 0.3) is 6.43 Å². The first kappa shape index (κ1) is 24.9. The average Bonchev–Trinajstić information content (AvgIpc) is 3.54. The molecule has 2 aliphatic carbocycles. The minimum absolute atomic E-state index is 0.00819. The van der Waals surface area contributed by atoms with Crippen LogP contribution in [-0.4, -0.2) is 52.8 Å². The lowest BCUT2D eigenvalue weighted by atomic mass is 9.89. The van der Waals surface area contributed by atoms with E-state index in [1.54, 1.807) is 26.1 Å². The lowest BCUT2D eigenvalue weighted by molar-refractivity contribution is -0.153. The summed E-state index contributed by atoms with van der Waals surface area (Å²) < 4.78 is 53.9. The molecule has 0 radical (unpaired) electrons. The third kappa shape index (κ3) is 4.69. The molecule has 0 spiro atoms. The number of rotatable bonds is 8. The van der Waals surface area contributed by atoms with E-state index in [4.69, 9.17) is 9.47 Å². The van der Waals surface area contributed by atoms with Gasteiger partial charge in [-0.05, 0) is 56.7 Å². The topological polar surface area (TPSA) is 125 Å². The van der Waals surface area contributed by atoms with Crippen LogP contribution in [0.15, 0.2) is 24.4 Å². The fraction of sp³-hybridized carbons (Fsp3) is 0.500. The van der Waals surface area contributed by atoms with Crippen LogP contribution in [0.2, 0.25) is 0 Å². The standard InChI is InChI=1S/C24H25F3N6O4/c1-12-19(37-14-9-13-5-7-24(27,22(34)35)15(13)10-14)4-3-16(29-12)20-18(33(2)32-31-20)11-36-23-28-8-6-17(30-23)21(25)26/h3-4,6,8,13-15,21H,5,7,9-11H2,1-2H3,(H,34,35)/t13-,14-,15+,24+/m0/s1. The van der Waals surface area contributed by atoms with E-state index >= 15 is 0 Å². The summed E-state index contributed by atoms with van der Waals surface area (Å²) in [6, 6.07) is 4.36. The number of hydrogen-bond donors (Lipinski definition) is 1. The van der Waals surface area contributed by atoms with Gasteiger partial charge in [0, 0.05) is 19.2 Å². The number of carboxylic acid groups (broad SMARTS) is 1. The van der Waals surface area contributed by atoms with Crippen LogP contribution in [0.25, 0.3) is 11.4 Å². The number of pyridine rings is 1. The molecule has 4 atom stereocenters. The lowest BCUT2D eigenvalue weighted by Crippen LogP contribution is -2.38. The van der Waals surface area contributed by atoms with E-state index in [1.165, 1.54) is 10.9 Å². The molecule has 2 aliphatic rings. The Hall–Kier alpha value is -3.77. The van der Waals surface area contributed by atoms with Crippen LogP contribution in [0, 0.1) is 18.8 Å². The highest BCUT2D eigenvalue weighted by Gasteiger charge is 2.58. The van der Waals surface area contributed by atoms with Gasteiger partial charge in [-0.1, -0.05) is 5.21 Å². The summed E-state index contributed by atoms with van der Waals surface area (Å²) in [7, 11) is 1.66. The zero-order chi connectivity index (χ0) is 26.3. The number of halogens is 3. The van der Waals surface area contributed by atoms with E-state index < -0.39 is 29.7 Å². The molecule has 1 N–H and O–H groups in total. The third-order valence-corrected chi connectivity index (χ3v) is 7.21. The van der Waals surface area contributed by atoms with Gasteiger partial charge in [-0.2, -0.15) is 4.98 Å². The van der Waals surface area contributed by atoms with Gasteiger partial charge < -0.3 is 14.6 Å². The van der Waals surface area contributed by atoms with Crippen molar-refractivity contribution in [3.63, 3.8) is 0 Å². The quantitative estimate of drug-likeness (QED) is 0.473. The Balaban J connectivity index is 1.29. The van der Waals surface area contributed by atoms with Crippen molar-refractivity contribution < 1.29 is 32.5 Å². The molecule has 10 nitrogen and oxygen atoms in total. The number of aryl methyl sites for hydroxylation is 2. The molecule has 0 aromatic carbocycles. The molecule has 2 fully saturated rings. The molecule has 37 heavy (non-hydrogen) atoms. The van der Waals surface area contributed by atoms with Crippen LogP contribution in [0.3, 0.4) is 0 Å². The summed E-state index contributed by atoms with van der Waals surface area (Å²) >= 11 is 0. The van der Waals surface area contributed by atoms with Crippen molar-refractivity contribution in [3.05, 3.63) is 41.5 Å². The minimum atomic E-state index is -2.74. The van der Waals surface area contributed by atoms with Crippen molar-refractivity contribution in [1.82, 2.24) is 29.9 Å². The molecular weight excluding hydrogens is 493 g/mol. The van der Waals surface area contributed by atoms with Crippen LogP contribution in [0.5, 0.6) is 11.8 Å². The molecule has 3 aromatic rings. The fourth-order valence-electron chi connectivity index (χ4n) is 5.30. The molecule has 5 rings (SSSR count). The van der Waals surface area contributed by atoms with Crippen LogP contribution < -0.4 is 9.47 Å². The van der Waals surface area contributed by atoms with Crippen molar-refractivity contribution >= 4 is 5.97 Å². The average molecular weight is 518 g/mol. The van der Waals surface area contributed by atoms with E-state index in [9.17, 15) is 23.1 Å². The van der Waals surface area contributed by atoms with Gasteiger partial charge >= 0.3 is 12.0 Å². The molecule has 3 heterocycles. The van der Waals surface area contributed by atoms with Gasteiger partial charge in [-0.15, -0.1) is 5.10 Å². The predicted octanol–water partition coefficient (Wildman–Crippen LogP) is 3.85. The van der Waals surface area contributed by atoms with Gasteiger partial charge in [0.15, 0.2) is 0 Å². The summed E-state index contributed by atoms with van der Waals surface area (Å²) in [5, 5.41) is 17.5. The third-order valence-electron chi connectivity index (χ3n) is 7.21. The molecule has 196 valence electrons. The predicted molar refractivity (Wildman–Crippen MR) is 122 cm³/mol.